The highest BCUT2D eigenvalue weighted by atomic mass is 32.1. The highest BCUT2D eigenvalue weighted by Gasteiger charge is 2.14. The normalized spacial score (nSPS) is 17.5. The number of benzene rings is 1. The van der Waals surface area contributed by atoms with Crippen molar-refractivity contribution in [2.45, 2.75) is 38.5 Å². The molecule has 1 aromatic heterocycles. The van der Waals surface area contributed by atoms with Crippen LogP contribution in [0.25, 0.3) is 0 Å². The Hall–Kier alpha value is -2.45. The molecule has 7 nitrogen and oxygen atoms in total. The van der Waals surface area contributed by atoms with Crippen LogP contribution in [0, 0.1) is 10.1 Å². The van der Waals surface area contributed by atoms with Crippen molar-refractivity contribution in [3.63, 3.8) is 0 Å². The SMILES string of the molecule is O=[N+]([O-])c1ccc(CN=C(NCc2cccs2)NCC2CCCCO2)cc1. The third kappa shape index (κ3) is 6.33. The van der Waals surface area contributed by atoms with Gasteiger partial charge in [-0.1, -0.05) is 18.2 Å². The van der Waals surface area contributed by atoms with Gasteiger partial charge < -0.3 is 15.4 Å². The first-order chi connectivity index (χ1) is 13.2. The summed E-state index contributed by atoms with van der Waals surface area (Å²) in [6, 6.07) is 10.6. The Morgan fingerprint density at radius 3 is 2.78 bits per heavy atom. The molecular formula is C19H24N4O3S. The highest BCUT2D eigenvalue weighted by Crippen LogP contribution is 2.13. The summed E-state index contributed by atoms with van der Waals surface area (Å²) in [7, 11) is 0. The Kier molecular flexibility index (Phi) is 7.18. The molecule has 0 aliphatic carbocycles. The summed E-state index contributed by atoms with van der Waals surface area (Å²) in [5.41, 5.74) is 1.01. The zero-order valence-electron chi connectivity index (χ0n) is 15.1. The van der Waals surface area contributed by atoms with Gasteiger partial charge >= 0.3 is 0 Å². The standard InChI is InChI=1S/C19H24N4O3S/c24-23(25)16-8-6-15(7-9-16)12-20-19(22-14-18-5-3-11-27-18)21-13-17-4-1-2-10-26-17/h3,5-9,11,17H,1-2,4,10,12-14H2,(H2,20,21,22). The Balaban J connectivity index is 1.59. The Morgan fingerprint density at radius 1 is 1.26 bits per heavy atom. The van der Waals surface area contributed by atoms with Gasteiger partial charge in [0.1, 0.15) is 0 Å². The van der Waals surface area contributed by atoms with Crippen LogP contribution in [-0.4, -0.2) is 30.1 Å². The fraction of sp³-hybridized carbons (Fsp3) is 0.421. The van der Waals surface area contributed by atoms with Crippen LogP contribution in [0.2, 0.25) is 0 Å². The van der Waals surface area contributed by atoms with Gasteiger partial charge in [-0.25, -0.2) is 4.99 Å². The zero-order valence-corrected chi connectivity index (χ0v) is 15.9. The first-order valence-electron chi connectivity index (χ1n) is 9.10. The number of non-ortho nitro benzene ring substituents is 1. The number of nitrogens with one attached hydrogen (secondary N) is 2. The maximum atomic E-state index is 10.8. The fourth-order valence-corrected chi connectivity index (χ4v) is 3.48. The zero-order chi connectivity index (χ0) is 18.9. The maximum absolute atomic E-state index is 10.8. The molecule has 1 unspecified atom stereocenters. The Labute approximate surface area is 162 Å². The average Bonchev–Trinajstić information content (AvgIpc) is 3.22. The first kappa shape index (κ1) is 19.3. The van der Waals surface area contributed by atoms with Crippen LogP contribution in [0.1, 0.15) is 29.7 Å². The van der Waals surface area contributed by atoms with Gasteiger partial charge in [0.25, 0.3) is 5.69 Å². The molecule has 2 N–H and O–H groups in total. The third-order valence-electron chi connectivity index (χ3n) is 4.35. The van der Waals surface area contributed by atoms with Gasteiger partial charge in [0.05, 0.1) is 24.1 Å². The smallest absolute Gasteiger partial charge is 0.269 e. The van der Waals surface area contributed by atoms with E-state index in [2.05, 4.69) is 21.7 Å². The van der Waals surface area contributed by atoms with E-state index < -0.39 is 4.92 Å². The molecule has 2 heterocycles. The van der Waals surface area contributed by atoms with Crippen molar-refractivity contribution >= 4 is 23.0 Å². The average molecular weight is 388 g/mol. The van der Waals surface area contributed by atoms with E-state index in [4.69, 9.17) is 4.74 Å². The second-order valence-corrected chi connectivity index (χ2v) is 7.42. The van der Waals surface area contributed by atoms with Crippen LogP contribution in [0.15, 0.2) is 46.8 Å². The van der Waals surface area contributed by atoms with Crippen molar-refractivity contribution in [3.05, 3.63) is 62.3 Å². The lowest BCUT2D eigenvalue weighted by molar-refractivity contribution is -0.384. The van der Waals surface area contributed by atoms with E-state index in [1.807, 2.05) is 11.4 Å². The molecule has 8 heteroatoms. The molecule has 1 fully saturated rings. The lowest BCUT2D eigenvalue weighted by Gasteiger charge is -2.23. The van der Waals surface area contributed by atoms with E-state index in [9.17, 15) is 10.1 Å². The second-order valence-electron chi connectivity index (χ2n) is 6.39. The van der Waals surface area contributed by atoms with Gasteiger partial charge in [-0.3, -0.25) is 10.1 Å². The molecule has 27 heavy (non-hydrogen) atoms. The number of guanidine groups is 1. The molecule has 0 radical (unpaired) electrons. The van der Waals surface area contributed by atoms with Crippen LogP contribution in [0.4, 0.5) is 5.69 Å². The predicted molar refractivity (Wildman–Crippen MR) is 107 cm³/mol. The van der Waals surface area contributed by atoms with Crippen molar-refractivity contribution in [1.29, 1.82) is 0 Å². The molecular weight excluding hydrogens is 364 g/mol. The number of nitro benzene ring substituents is 1. The summed E-state index contributed by atoms with van der Waals surface area (Å²) in [4.78, 5) is 16.2. The summed E-state index contributed by atoms with van der Waals surface area (Å²) in [5.74, 6) is 0.718. The van der Waals surface area contributed by atoms with Crippen molar-refractivity contribution in [2.75, 3.05) is 13.2 Å². The minimum atomic E-state index is -0.396. The van der Waals surface area contributed by atoms with E-state index in [1.165, 1.54) is 23.4 Å². The molecule has 144 valence electrons. The van der Waals surface area contributed by atoms with Gasteiger partial charge in [0.15, 0.2) is 5.96 Å². The summed E-state index contributed by atoms with van der Waals surface area (Å²) in [6.07, 6.45) is 3.61. The third-order valence-corrected chi connectivity index (χ3v) is 5.22. The van der Waals surface area contributed by atoms with Gasteiger partial charge in [-0.15, -0.1) is 11.3 Å². The first-order valence-corrected chi connectivity index (χ1v) is 9.98. The number of aliphatic imine (C=N–C) groups is 1. The second kappa shape index (κ2) is 10.0. The van der Waals surface area contributed by atoms with Gasteiger partial charge in [0, 0.05) is 30.2 Å². The van der Waals surface area contributed by atoms with Gasteiger partial charge in [-0.2, -0.15) is 0 Å². The molecule has 0 amide bonds. The fourth-order valence-electron chi connectivity index (χ4n) is 2.83. The summed E-state index contributed by atoms with van der Waals surface area (Å²) < 4.78 is 5.77. The van der Waals surface area contributed by atoms with Crippen molar-refractivity contribution in [3.8, 4) is 0 Å². The van der Waals surface area contributed by atoms with E-state index in [1.54, 1.807) is 23.5 Å². The molecule has 0 bridgehead atoms. The van der Waals surface area contributed by atoms with Crippen molar-refractivity contribution in [1.82, 2.24) is 10.6 Å². The molecule has 3 rings (SSSR count). The monoisotopic (exact) mass is 388 g/mol. The van der Waals surface area contributed by atoms with E-state index in [-0.39, 0.29) is 11.8 Å². The number of hydrogen-bond acceptors (Lipinski definition) is 5. The summed E-state index contributed by atoms with van der Waals surface area (Å²) in [6.45, 7) is 2.69. The molecule has 1 aliphatic rings. The molecule has 0 spiro atoms. The number of nitrogens with zero attached hydrogens (tertiary/aromatic N) is 2. The van der Waals surface area contributed by atoms with Crippen LogP contribution in [0.5, 0.6) is 0 Å². The van der Waals surface area contributed by atoms with E-state index >= 15 is 0 Å². The lowest BCUT2D eigenvalue weighted by Crippen LogP contribution is -2.42. The van der Waals surface area contributed by atoms with Crippen molar-refractivity contribution in [2.24, 2.45) is 4.99 Å². The summed E-state index contributed by atoms with van der Waals surface area (Å²) >= 11 is 1.70. The summed E-state index contributed by atoms with van der Waals surface area (Å²) in [5, 5.41) is 19.5. The number of thiophene rings is 1. The minimum absolute atomic E-state index is 0.0892. The number of nitro groups is 1. The number of ether oxygens (including phenoxy) is 1. The van der Waals surface area contributed by atoms with Crippen LogP contribution >= 0.6 is 11.3 Å². The molecule has 1 saturated heterocycles. The van der Waals surface area contributed by atoms with E-state index in [0.717, 1.165) is 37.5 Å². The number of hydrogen-bond donors (Lipinski definition) is 2. The topological polar surface area (TPSA) is 88.8 Å². The molecule has 1 aliphatic heterocycles. The maximum Gasteiger partial charge on any atom is 0.269 e. The van der Waals surface area contributed by atoms with Crippen LogP contribution < -0.4 is 10.6 Å². The van der Waals surface area contributed by atoms with Crippen molar-refractivity contribution < 1.29 is 9.66 Å². The quantitative estimate of drug-likeness (QED) is 0.328. The molecule has 1 atom stereocenters. The van der Waals surface area contributed by atoms with Gasteiger partial charge in [0.2, 0.25) is 0 Å². The molecule has 0 saturated carbocycles. The molecule has 1 aromatic carbocycles. The lowest BCUT2D eigenvalue weighted by atomic mass is 10.1. The minimum Gasteiger partial charge on any atom is -0.376 e. The molecule has 2 aromatic rings. The Morgan fingerprint density at radius 2 is 2.11 bits per heavy atom. The highest BCUT2D eigenvalue weighted by molar-refractivity contribution is 7.09. The van der Waals surface area contributed by atoms with E-state index in [0.29, 0.717) is 13.1 Å². The largest absolute Gasteiger partial charge is 0.376 e. The predicted octanol–water partition coefficient (Wildman–Crippen LogP) is 3.46. The van der Waals surface area contributed by atoms with Gasteiger partial charge in [-0.05, 0) is 36.3 Å². The Bertz CT molecular complexity index is 741. The van der Waals surface area contributed by atoms with Crippen LogP contribution in [0.3, 0.4) is 0 Å². The van der Waals surface area contributed by atoms with Crippen LogP contribution in [-0.2, 0) is 17.8 Å². The number of rotatable bonds is 7.